The molecule has 5 nitrogen and oxygen atoms in total. The Kier molecular flexibility index (Phi) is 3.85. The zero-order valence-corrected chi connectivity index (χ0v) is 11.7. The summed E-state index contributed by atoms with van der Waals surface area (Å²) in [5, 5.41) is 8.43. The molecule has 0 aliphatic rings. The number of benzene rings is 1. The van der Waals surface area contributed by atoms with Gasteiger partial charge in [-0.15, -0.1) is 5.10 Å². The molecule has 0 radical (unpaired) electrons. The summed E-state index contributed by atoms with van der Waals surface area (Å²) < 4.78 is 6.67. The van der Waals surface area contributed by atoms with E-state index in [2.05, 4.69) is 10.3 Å². The third kappa shape index (κ3) is 2.93. The third-order valence-corrected chi connectivity index (χ3v) is 2.72. The number of halogens is 1. The summed E-state index contributed by atoms with van der Waals surface area (Å²) in [6.45, 7) is 5.33. The smallest absolute Gasteiger partial charge is 0.361 e. The van der Waals surface area contributed by atoms with Gasteiger partial charge in [0.15, 0.2) is 5.69 Å². The van der Waals surface area contributed by atoms with Gasteiger partial charge in [-0.05, 0) is 39.0 Å². The Balaban J connectivity index is 2.35. The molecular formula is C13H14ClN3O2. The number of aromatic nitrogens is 3. The number of rotatable bonds is 3. The largest absolute Gasteiger partial charge is 0.458 e. The SMILES string of the molecule is Cc1c(C(=O)OC(C)C)nnn1-c1cccc(Cl)c1. The first kappa shape index (κ1) is 13.5. The van der Waals surface area contributed by atoms with Crippen molar-refractivity contribution < 1.29 is 9.53 Å². The number of hydrogen-bond donors (Lipinski definition) is 0. The highest BCUT2D eigenvalue weighted by molar-refractivity contribution is 6.30. The van der Waals surface area contributed by atoms with Crippen molar-refractivity contribution in [1.82, 2.24) is 15.0 Å². The van der Waals surface area contributed by atoms with E-state index in [9.17, 15) is 4.79 Å². The van der Waals surface area contributed by atoms with E-state index in [1.807, 2.05) is 12.1 Å². The van der Waals surface area contributed by atoms with Crippen molar-refractivity contribution >= 4 is 17.6 Å². The molecule has 0 spiro atoms. The van der Waals surface area contributed by atoms with Crippen LogP contribution < -0.4 is 0 Å². The average Bonchev–Trinajstić information content (AvgIpc) is 2.70. The fraction of sp³-hybridized carbons (Fsp3) is 0.308. The summed E-state index contributed by atoms with van der Waals surface area (Å²) in [7, 11) is 0. The predicted molar refractivity (Wildman–Crippen MR) is 71.7 cm³/mol. The summed E-state index contributed by atoms with van der Waals surface area (Å²) in [6, 6.07) is 7.17. The molecule has 2 rings (SSSR count). The highest BCUT2D eigenvalue weighted by atomic mass is 35.5. The van der Waals surface area contributed by atoms with E-state index < -0.39 is 5.97 Å². The molecule has 0 aliphatic heterocycles. The molecule has 2 aromatic rings. The Morgan fingerprint density at radius 1 is 1.42 bits per heavy atom. The van der Waals surface area contributed by atoms with Gasteiger partial charge < -0.3 is 4.74 Å². The quantitative estimate of drug-likeness (QED) is 0.811. The molecule has 1 aromatic heterocycles. The summed E-state index contributed by atoms with van der Waals surface area (Å²) in [6.07, 6.45) is -0.191. The Bertz CT molecular complexity index is 608. The normalized spacial score (nSPS) is 10.8. The number of nitrogens with zero attached hydrogens (tertiary/aromatic N) is 3. The lowest BCUT2D eigenvalue weighted by molar-refractivity contribution is 0.0370. The van der Waals surface area contributed by atoms with Crippen LogP contribution in [0.25, 0.3) is 5.69 Å². The molecule has 0 aliphatic carbocycles. The second-order valence-corrected chi connectivity index (χ2v) is 4.81. The van der Waals surface area contributed by atoms with Crippen molar-refractivity contribution in [2.75, 3.05) is 0 Å². The van der Waals surface area contributed by atoms with Crippen molar-refractivity contribution in [3.05, 3.63) is 40.7 Å². The topological polar surface area (TPSA) is 57.0 Å². The number of esters is 1. The maximum atomic E-state index is 11.8. The Hall–Kier alpha value is -1.88. The minimum atomic E-state index is -0.472. The van der Waals surface area contributed by atoms with Gasteiger partial charge >= 0.3 is 5.97 Å². The van der Waals surface area contributed by atoms with Gasteiger partial charge in [0.25, 0.3) is 0 Å². The van der Waals surface area contributed by atoms with Crippen LogP contribution in [-0.4, -0.2) is 27.1 Å². The van der Waals surface area contributed by atoms with Gasteiger partial charge in [0, 0.05) is 5.02 Å². The average molecular weight is 280 g/mol. The Morgan fingerprint density at radius 2 is 2.16 bits per heavy atom. The summed E-state index contributed by atoms with van der Waals surface area (Å²) in [5.41, 5.74) is 1.59. The van der Waals surface area contributed by atoms with E-state index in [0.717, 1.165) is 5.69 Å². The van der Waals surface area contributed by atoms with Crippen molar-refractivity contribution in [3.63, 3.8) is 0 Å². The van der Waals surface area contributed by atoms with Crippen molar-refractivity contribution in [1.29, 1.82) is 0 Å². The number of ether oxygens (including phenoxy) is 1. The molecular weight excluding hydrogens is 266 g/mol. The van der Waals surface area contributed by atoms with Crippen LogP contribution in [0.3, 0.4) is 0 Å². The van der Waals surface area contributed by atoms with Crippen LogP contribution in [0, 0.1) is 6.92 Å². The number of hydrogen-bond acceptors (Lipinski definition) is 4. The fourth-order valence-electron chi connectivity index (χ4n) is 1.64. The molecule has 19 heavy (non-hydrogen) atoms. The fourth-order valence-corrected chi connectivity index (χ4v) is 1.83. The van der Waals surface area contributed by atoms with Gasteiger partial charge in [0.05, 0.1) is 17.5 Å². The van der Waals surface area contributed by atoms with Crippen LogP contribution in [0.4, 0.5) is 0 Å². The number of carbonyl (C=O) groups excluding carboxylic acids is 1. The maximum absolute atomic E-state index is 11.8. The van der Waals surface area contributed by atoms with Crippen molar-refractivity contribution in [2.45, 2.75) is 26.9 Å². The third-order valence-electron chi connectivity index (χ3n) is 2.48. The van der Waals surface area contributed by atoms with Crippen LogP contribution >= 0.6 is 11.6 Å². The predicted octanol–water partition coefficient (Wildman–Crippen LogP) is 2.79. The molecule has 0 saturated heterocycles. The van der Waals surface area contributed by atoms with Crippen LogP contribution in [0.1, 0.15) is 30.0 Å². The molecule has 1 aromatic carbocycles. The number of carbonyl (C=O) groups is 1. The standard InChI is InChI=1S/C13H14ClN3O2/c1-8(2)19-13(18)12-9(3)17(16-15-12)11-6-4-5-10(14)7-11/h4-8H,1-3H3. The van der Waals surface area contributed by atoms with Crippen LogP contribution in [0.15, 0.2) is 24.3 Å². The molecule has 0 unspecified atom stereocenters. The molecule has 0 fully saturated rings. The van der Waals surface area contributed by atoms with Gasteiger partial charge in [-0.1, -0.05) is 22.9 Å². The van der Waals surface area contributed by atoms with Gasteiger partial charge in [-0.3, -0.25) is 0 Å². The minimum Gasteiger partial charge on any atom is -0.458 e. The molecule has 0 bridgehead atoms. The van der Waals surface area contributed by atoms with Crippen molar-refractivity contribution in [3.8, 4) is 5.69 Å². The van der Waals surface area contributed by atoms with E-state index in [-0.39, 0.29) is 11.8 Å². The lowest BCUT2D eigenvalue weighted by atomic mass is 10.3. The van der Waals surface area contributed by atoms with E-state index in [1.165, 1.54) is 0 Å². The van der Waals surface area contributed by atoms with E-state index in [1.54, 1.807) is 37.6 Å². The zero-order valence-electron chi connectivity index (χ0n) is 10.9. The maximum Gasteiger partial charge on any atom is 0.361 e. The highest BCUT2D eigenvalue weighted by Gasteiger charge is 2.19. The second-order valence-electron chi connectivity index (χ2n) is 4.37. The molecule has 0 N–H and O–H groups in total. The first-order chi connectivity index (χ1) is 8.99. The van der Waals surface area contributed by atoms with E-state index in [4.69, 9.17) is 16.3 Å². The summed E-state index contributed by atoms with van der Waals surface area (Å²) >= 11 is 5.93. The molecule has 0 amide bonds. The second kappa shape index (κ2) is 5.40. The van der Waals surface area contributed by atoms with Crippen LogP contribution in [0.2, 0.25) is 5.02 Å². The molecule has 0 atom stereocenters. The molecule has 100 valence electrons. The Labute approximate surface area is 116 Å². The van der Waals surface area contributed by atoms with E-state index in [0.29, 0.717) is 10.7 Å². The minimum absolute atomic E-state index is 0.191. The first-order valence-electron chi connectivity index (χ1n) is 5.88. The van der Waals surface area contributed by atoms with Crippen LogP contribution in [-0.2, 0) is 4.74 Å². The van der Waals surface area contributed by atoms with Gasteiger partial charge in [-0.2, -0.15) is 0 Å². The zero-order chi connectivity index (χ0) is 14.0. The van der Waals surface area contributed by atoms with E-state index >= 15 is 0 Å². The Morgan fingerprint density at radius 3 is 2.79 bits per heavy atom. The first-order valence-corrected chi connectivity index (χ1v) is 6.26. The molecule has 6 heteroatoms. The van der Waals surface area contributed by atoms with Gasteiger partial charge in [0.2, 0.25) is 0 Å². The molecule has 0 saturated carbocycles. The molecule has 1 heterocycles. The van der Waals surface area contributed by atoms with Crippen molar-refractivity contribution in [2.24, 2.45) is 0 Å². The lowest BCUT2D eigenvalue weighted by Crippen LogP contribution is -2.13. The van der Waals surface area contributed by atoms with Gasteiger partial charge in [0.1, 0.15) is 0 Å². The van der Waals surface area contributed by atoms with Crippen LogP contribution in [0.5, 0.6) is 0 Å². The lowest BCUT2D eigenvalue weighted by Gasteiger charge is -2.06. The van der Waals surface area contributed by atoms with Gasteiger partial charge in [-0.25, -0.2) is 9.48 Å². The monoisotopic (exact) mass is 279 g/mol. The summed E-state index contributed by atoms with van der Waals surface area (Å²) in [4.78, 5) is 11.8. The summed E-state index contributed by atoms with van der Waals surface area (Å²) in [5.74, 6) is -0.472. The highest BCUT2D eigenvalue weighted by Crippen LogP contribution is 2.17.